The molecule has 0 saturated heterocycles. The molecule has 4 nitrogen and oxygen atoms in total. The summed E-state index contributed by atoms with van der Waals surface area (Å²) >= 11 is 0. The van der Waals surface area contributed by atoms with Crippen LogP contribution >= 0.6 is 0 Å². The molecular weight excluding hydrogens is 249 g/mol. The van der Waals surface area contributed by atoms with E-state index in [0.717, 1.165) is 0 Å². The van der Waals surface area contributed by atoms with Gasteiger partial charge in [0.1, 0.15) is 5.75 Å². The third kappa shape index (κ3) is 3.28. The molecule has 0 bridgehead atoms. The molecule has 0 aliphatic rings. The van der Waals surface area contributed by atoms with Crippen molar-refractivity contribution < 1.29 is 22.7 Å². The molecule has 3 N–H and O–H groups in total. The van der Waals surface area contributed by atoms with Crippen molar-refractivity contribution >= 4 is 11.6 Å². The highest BCUT2D eigenvalue weighted by Crippen LogP contribution is 2.25. The number of amides is 1. The molecule has 0 radical (unpaired) electrons. The van der Waals surface area contributed by atoms with Gasteiger partial charge in [-0.3, -0.25) is 4.79 Å². The first-order valence-electron chi connectivity index (χ1n) is 5.03. The highest BCUT2D eigenvalue weighted by atomic mass is 19.4. The average Bonchev–Trinajstić information content (AvgIpc) is 2.26. The van der Waals surface area contributed by atoms with Crippen LogP contribution in [0.1, 0.15) is 11.1 Å². The van der Waals surface area contributed by atoms with Gasteiger partial charge in [-0.2, -0.15) is 13.2 Å². The lowest BCUT2D eigenvalue weighted by atomic mass is 10.1. The largest absolute Gasteiger partial charge is 0.495 e. The van der Waals surface area contributed by atoms with Gasteiger partial charge >= 0.3 is 12.1 Å². The summed E-state index contributed by atoms with van der Waals surface area (Å²) in [5, 5.41) is 1.79. The molecule has 0 atom stereocenters. The maximum Gasteiger partial charge on any atom is 0.471 e. The minimum atomic E-state index is -4.88. The van der Waals surface area contributed by atoms with E-state index in [1.807, 2.05) is 0 Å². The van der Waals surface area contributed by atoms with E-state index in [1.54, 1.807) is 18.3 Å². The van der Waals surface area contributed by atoms with Crippen LogP contribution in [0.2, 0.25) is 0 Å². The molecule has 0 aliphatic carbocycles. The summed E-state index contributed by atoms with van der Waals surface area (Å²) < 4.78 is 41.0. The van der Waals surface area contributed by atoms with Crippen LogP contribution < -0.4 is 15.8 Å². The maximum atomic E-state index is 12.0. The summed E-state index contributed by atoms with van der Waals surface area (Å²) in [4.78, 5) is 10.7. The van der Waals surface area contributed by atoms with Gasteiger partial charge in [-0.15, -0.1) is 0 Å². The van der Waals surface area contributed by atoms with Gasteiger partial charge in [-0.05, 0) is 30.2 Å². The molecule has 100 valence electrons. The van der Waals surface area contributed by atoms with E-state index in [4.69, 9.17) is 10.5 Å². The van der Waals surface area contributed by atoms with E-state index in [1.165, 1.54) is 13.2 Å². The van der Waals surface area contributed by atoms with Crippen LogP contribution in [0.25, 0.3) is 0 Å². The first-order valence-corrected chi connectivity index (χ1v) is 5.03. The van der Waals surface area contributed by atoms with Crippen molar-refractivity contribution in [1.29, 1.82) is 0 Å². The van der Waals surface area contributed by atoms with Crippen LogP contribution in [0, 0.1) is 6.92 Å². The summed E-state index contributed by atoms with van der Waals surface area (Å²) in [7, 11) is 1.40. The van der Waals surface area contributed by atoms with Crippen molar-refractivity contribution in [3.05, 3.63) is 23.3 Å². The number of rotatable bonds is 3. The van der Waals surface area contributed by atoms with Gasteiger partial charge < -0.3 is 15.8 Å². The summed E-state index contributed by atoms with van der Waals surface area (Å²) in [6.45, 7) is 1.45. The predicted molar refractivity (Wildman–Crippen MR) is 60.0 cm³/mol. The van der Waals surface area contributed by atoms with Gasteiger partial charge in [0, 0.05) is 6.54 Å². The monoisotopic (exact) mass is 262 g/mol. The standard InChI is InChI=1S/C11H13F3N2O2/c1-6-3-8(15)9(18-2)4-7(6)5-16-10(17)11(12,13)14/h3-4H,5,15H2,1-2H3,(H,16,17). The quantitative estimate of drug-likeness (QED) is 0.816. The molecule has 0 aromatic heterocycles. The van der Waals surface area contributed by atoms with Crippen LogP contribution in [-0.2, 0) is 11.3 Å². The number of nitrogen functional groups attached to an aromatic ring is 1. The Bertz CT molecular complexity index is 458. The Morgan fingerprint density at radius 3 is 2.56 bits per heavy atom. The van der Waals surface area contributed by atoms with E-state index < -0.39 is 12.1 Å². The second kappa shape index (κ2) is 5.16. The summed E-state index contributed by atoms with van der Waals surface area (Å²) in [6, 6.07) is 3.08. The zero-order valence-corrected chi connectivity index (χ0v) is 9.89. The van der Waals surface area contributed by atoms with E-state index in [2.05, 4.69) is 0 Å². The molecule has 0 saturated carbocycles. The normalized spacial score (nSPS) is 11.2. The molecule has 0 heterocycles. The SMILES string of the molecule is COc1cc(CNC(=O)C(F)(F)F)c(C)cc1N. The lowest BCUT2D eigenvalue weighted by Crippen LogP contribution is -2.36. The number of aryl methyl sites for hydroxylation is 1. The number of ether oxygens (including phenoxy) is 1. The Labute approximate surface area is 102 Å². The maximum absolute atomic E-state index is 12.0. The lowest BCUT2D eigenvalue weighted by Gasteiger charge is -2.12. The number of nitrogens with one attached hydrogen (secondary N) is 1. The molecule has 0 unspecified atom stereocenters. The fourth-order valence-electron chi connectivity index (χ4n) is 1.40. The van der Waals surface area contributed by atoms with Gasteiger partial charge in [-0.25, -0.2) is 0 Å². The molecule has 0 fully saturated rings. The molecule has 1 amide bonds. The Morgan fingerprint density at radius 2 is 2.06 bits per heavy atom. The van der Waals surface area contributed by atoms with Crippen molar-refractivity contribution in [3.8, 4) is 5.75 Å². The first kappa shape index (κ1) is 14.1. The van der Waals surface area contributed by atoms with E-state index >= 15 is 0 Å². The molecule has 1 aromatic carbocycles. The van der Waals surface area contributed by atoms with Gasteiger partial charge in [0.15, 0.2) is 0 Å². The second-order valence-corrected chi connectivity index (χ2v) is 3.70. The van der Waals surface area contributed by atoms with E-state index in [9.17, 15) is 18.0 Å². The van der Waals surface area contributed by atoms with Crippen LogP contribution in [0.3, 0.4) is 0 Å². The molecule has 0 aliphatic heterocycles. The molecule has 1 rings (SSSR count). The van der Waals surface area contributed by atoms with Crippen LogP contribution in [0.5, 0.6) is 5.75 Å². The highest BCUT2D eigenvalue weighted by Gasteiger charge is 2.38. The van der Waals surface area contributed by atoms with Crippen LogP contribution in [-0.4, -0.2) is 19.2 Å². The topological polar surface area (TPSA) is 64.3 Å². The minimum absolute atomic E-state index is 0.235. The smallest absolute Gasteiger partial charge is 0.471 e. The number of alkyl halides is 3. The molecule has 0 spiro atoms. The first-order chi connectivity index (χ1) is 8.25. The Kier molecular flexibility index (Phi) is 4.05. The lowest BCUT2D eigenvalue weighted by molar-refractivity contribution is -0.173. The molecular formula is C11H13F3N2O2. The number of carbonyl (C=O) groups excluding carboxylic acids is 1. The molecule has 7 heteroatoms. The van der Waals surface area contributed by atoms with Crippen molar-refractivity contribution in [2.45, 2.75) is 19.6 Å². The summed E-state index contributed by atoms with van der Waals surface area (Å²) in [5.74, 6) is -1.62. The highest BCUT2D eigenvalue weighted by molar-refractivity contribution is 5.81. The zero-order chi connectivity index (χ0) is 13.9. The predicted octanol–water partition coefficient (Wildman–Crippen LogP) is 1.76. The zero-order valence-electron chi connectivity index (χ0n) is 9.89. The number of anilines is 1. The van der Waals surface area contributed by atoms with E-state index in [-0.39, 0.29) is 6.54 Å². The number of halogens is 3. The van der Waals surface area contributed by atoms with E-state index in [0.29, 0.717) is 22.6 Å². The summed E-state index contributed by atoms with van der Waals surface area (Å²) in [5.41, 5.74) is 7.21. The third-order valence-corrected chi connectivity index (χ3v) is 2.39. The van der Waals surface area contributed by atoms with Crippen molar-refractivity contribution in [1.82, 2.24) is 5.32 Å². The van der Waals surface area contributed by atoms with Gasteiger partial charge in [0.25, 0.3) is 0 Å². The van der Waals surface area contributed by atoms with Crippen molar-refractivity contribution in [2.24, 2.45) is 0 Å². The summed E-state index contributed by atoms with van der Waals surface area (Å²) in [6.07, 6.45) is -4.88. The number of methoxy groups -OCH3 is 1. The Balaban J connectivity index is 2.83. The molecule has 1 aromatic rings. The van der Waals surface area contributed by atoms with Gasteiger partial charge in [-0.1, -0.05) is 0 Å². The van der Waals surface area contributed by atoms with Crippen molar-refractivity contribution in [3.63, 3.8) is 0 Å². The third-order valence-electron chi connectivity index (χ3n) is 2.39. The van der Waals surface area contributed by atoms with Crippen molar-refractivity contribution in [2.75, 3.05) is 12.8 Å². The number of hydrogen-bond acceptors (Lipinski definition) is 3. The van der Waals surface area contributed by atoms with Gasteiger partial charge in [0.2, 0.25) is 0 Å². The second-order valence-electron chi connectivity index (χ2n) is 3.70. The fraction of sp³-hybridized carbons (Fsp3) is 0.364. The van der Waals surface area contributed by atoms with Crippen LogP contribution in [0.4, 0.5) is 18.9 Å². The fourth-order valence-corrected chi connectivity index (χ4v) is 1.40. The number of carbonyl (C=O) groups is 1. The van der Waals surface area contributed by atoms with Crippen LogP contribution in [0.15, 0.2) is 12.1 Å². The number of benzene rings is 1. The minimum Gasteiger partial charge on any atom is -0.495 e. The number of nitrogens with two attached hydrogens (primary N) is 1. The Morgan fingerprint density at radius 1 is 1.44 bits per heavy atom. The Hall–Kier alpha value is -1.92. The molecule has 18 heavy (non-hydrogen) atoms. The average molecular weight is 262 g/mol. The number of hydrogen-bond donors (Lipinski definition) is 2. The van der Waals surface area contributed by atoms with Gasteiger partial charge in [0.05, 0.1) is 12.8 Å².